The molecule has 4 rings (SSSR count). The largest absolute Gasteiger partial charge is 0.394 e. The maximum absolute atomic E-state index is 15.5. The van der Waals surface area contributed by atoms with Crippen molar-refractivity contribution in [3.05, 3.63) is 29.8 Å². The molecule has 0 saturated carbocycles. The lowest BCUT2D eigenvalue weighted by Gasteiger charge is -2.30. The molecule has 3 aliphatic rings. The van der Waals surface area contributed by atoms with Gasteiger partial charge in [0.1, 0.15) is 0 Å². The Balaban J connectivity index is 1.41. The van der Waals surface area contributed by atoms with Gasteiger partial charge in [0.15, 0.2) is 0 Å². The quantitative estimate of drug-likeness (QED) is 0.419. The van der Waals surface area contributed by atoms with E-state index in [9.17, 15) is 14.7 Å². The van der Waals surface area contributed by atoms with Gasteiger partial charge in [0.25, 0.3) is 0 Å². The highest BCUT2D eigenvalue weighted by molar-refractivity contribution is 6.72. The molecular weight excluding hydrogens is 463 g/mol. The van der Waals surface area contributed by atoms with E-state index in [1.807, 2.05) is 17.0 Å². The molecule has 0 aliphatic carbocycles. The van der Waals surface area contributed by atoms with Gasteiger partial charge >= 0.3 is 0 Å². The molecule has 0 spiro atoms. The monoisotopic (exact) mass is 504 g/mol. The van der Waals surface area contributed by atoms with Crippen LogP contribution in [0.4, 0.5) is 9.80 Å². The minimum atomic E-state index is -3.06. The molecule has 0 bridgehead atoms. The number of ether oxygens (including phenoxy) is 1. The van der Waals surface area contributed by atoms with Gasteiger partial charge in [-0.2, -0.15) is 0 Å². The fraction of sp³-hybridized carbons (Fsp3) is 0.704. The Kier molecular flexibility index (Phi) is 8.33. The molecule has 0 radical (unpaired) electrons. The lowest BCUT2D eigenvalue weighted by molar-refractivity contribution is -0.135. The highest BCUT2D eigenvalue weighted by Gasteiger charge is 2.52. The molecule has 6 nitrogen and oxygen atoms in total. The molecule has 5 atom stereocenters. The number of aryl methyl sites for hydroxylation is 1. The number of aliphatic hydroxyl groups excluding tert-OH is 1. The first-order valence-electron chi connectivity index (χ1n) is 13.3. The van der Waals surface area contributed by atoms with Crippen LogP contribution in [0, 0.1) is 5.92 Å². The molecule has 0 unspecified atom stereocenters. The van der Waals surface area contributed by atoms with E-state index in [4.69, 9.17) is 4.74 Å². The third-order valence-electron chi connectivity index (χ3n) is 8.24. The number of rotatable bonds is 8. The normalized spacial score (nSPS) is 29.7. The number of amides is 2. The van der Waals surface area contributed by atoms with Crippen molar-refractivity contribution in [2.75, 3.05) is 24.6 Å². The smallest absolute Gasteiger partial charge is 0.246 e. The van der Waals surface area contributed by atoms with Crippen molar-refractivity contribution in [2.24, 2.45) is 5.92 Å². The summed E-state index contributed by atoms with van der Waals surface area (Å²) in [6, 6.07) is 8.05. The van der Waals surface area contributed by atoms with Gasteiger partial charge in [-0.1, -0.05) is 19.1 Å². The van der Waals surface area contributed by atoms with E-state index >= 15 is 4.11 Å². The van der Waals surface area contributed by atoms with E-state index < -0.39 is 14.5 Å². The van der Waals surface area contributed by atoms with E-state index in [0.717, 1.165) is 56.3 Å². The van der Waals surface area contributed by atoms with Crippen LogP contribution in [0.3, 0.4) is 0 Å². The summed E-state index contributed by atoms with van der Waals surface area (Å²) < 4.78 is 21.9. The number of aliphatic hydroxyl groups is 1. The Bertz CT molecular complexity index is 907. The zero-order chi connectivity index (χ0) is 25.2. The van der Waals surface area contributed by atoms with Crippen molar-refractivity contribution >= 4 is 25.9 Å². The van der Waals surface area contributed by atoms with Gasteiger partial charge in [-0.25, -0.2) is 0 Å². The second kappa shape index (κ2) is 11.1. The van der Waals surface area contributed by atoms with Crippen LogP contribution in [-0.4, -0.2) is 68.2 Å². The van der Waals surface area contributed by atoms with Crippen LogP contribution in [0.2, 0.25) is 18.6 Å². The Morgan fingerprint density at radius 1 is 1.20 bits per heavy atom. The standard InChI is InChI=1S/C27H41FN2O4Si/c1-19-23(13-12-20-8-6-9-21(16-20)29-14-5-4-11-25(29)32)34-24(27(19)35(2,3)28)17-26(33)30-15-7-10-22(30)18-31/h6,8-9,16,19,22-24,27,31H,4-5,7,10-15,17-18H2,1-3H3/t19-,22+,23+,24-,27+/m1/s1. The molecule has 8 heteroatoms. The highest BCUT2D eigenvalue weighted by atomic mass is 28.4. The number of halogens is 1. The SMILES string of the molecule is C[C@H]1[C@H]([Si](C)(C)F)[C@@H](CC(=O)N2CCC[C@H]2CO)O[C@H]1CCc1cccc(N2CCCCC2=O)c1. The lowest BCUT2D eigenvalue weighted by atomic mass is 9.94. The van der Waals surface area contributed by atoms with Crippen LogP contribution in [0.5, 0.6) is 0 Å². The van der Waals surface area contributed by atoms with Crippen LogP contribution in [0.1, 0.15) is 57.4 Å². The lowest BCUT2D eigenvalue weighted by Crippen LogP contribution is -2.42. The molecule has 3 aliphatic heterocycles. The summed E-state index contributed by atoms with van der Waals surface area (Å²) in [5, 5.41) is 9.61. The third-order valence-corrected chi connectivity index (χ3v) is 10.7. The number of hydrogen-bond donors (Lipinski definition) is 1. The average Bonchev–Trinajstić information content (AvgIpc) is 3.42. The fourth-order valence-electron chi connectivity index (χ4n) is 6.49. The number of anilines is 1. The number of nitrogens with zero attached hydrogens (tertiary/aromatic N) is 2. The Morgan fingerprint density at radius 2 is 2.00 bits per heavy atom. The van der Waals surface area contributed by atoms with E-state index in [1.165, 1.54) is 0 Å². The van der Waals surface area contributed by atoms with Gasteiger partial charge in [-0.05, 0) is 75.2 Å². The first-order valence-corrected chi connectivity index (χ1v) is 16.3. The molecule has 194 valence electrons. The minimum absolute atomic E-state index is 0.0227. The van der Waals surface area contributed by atoms with Crippen LogP contribution < -0.4 is 4.90 Å². The molecule has 2 amide bonds. The summed E-state index contributed by atoms with van der Waals surface area (Å²) in [6.07, 6.45) is 5.54. The van der Waals surface area contributed by atoms with Gasteiger partial charge in [0.05, 0.1) is 31.3 Å². The predicted octanol–water partition coefficient (Wildman–Crippen LogP) is 4.46. The second-order valence-electron chi connectivity index (χ2n) is 11.1. The molecule has 3 heterocycles. The first-order chi connectivity index (χ1) is 16.7. The van der Waals surface area contributed by atoms with Crippen molar-refractivity contribution < 1.29 is 23.5 Å². The summed E-state index contributed by atoms with van der Waals surface area (Å²) in [5.74, 6) is 0.202. The van der Waals surface area contributed by atoms with E-state index in [1.54, 1.807) is 18.0 Å². The van der Waals surface area contributed by atoms with Crippen molar-refractivity contribution in [2.45, 2.75) is 95.2 Å². The topological polar surface area (TPSA) is 70.1 Å². The number of piperidine rings is 1. The van der Waals surface area contributed by atoms with Gasteiger partial charge < -0.3 is 23.8 Å². The molecule has 1 N–H and O–H groups in total. The third kappa shape index (κ3) is 5.97. The minimum Gasteiger partial charge on any atom is -0.394 e. The second-order valence-corrected chi connectivity index (χ2v) is 14.9. The van der Waals surface area contributed by atoms with Crippen molar-refractivity contribution in [1.29, 1.82) is 0 Å². The number of hydrogen-bond acceptors (Lipinski definition) is 4. The van der Waals surface area contributed by atoms with Crippen molar-refractivity contribution in [3.63, 3.8) is 0 Å². The van der Waals surface area contributed by atoms with Gasteiger partial charge in [-0.15, -0.1) is 0 Å². The average molecular weight is 505 g/mol. The Hall–Kier alpha value is -1.77. The number of carbonyl (C=O) groups is 2. The zero-order valence-electron chi connectivity index (χ0n) is 21.4. The van der Waals surface area contributed by atoms with Gasteiger partial charge in [0.2, 0.25) is 20.2 Å². The van der Waals surface area contributed by atoms with Crippen LogP contribution in [0.15, 0.2) is 24.3 Å². The number of carbonyl (C=O) groups excluding carboxylic acids is 2. The predicted molar refractivity (Wildman–Crippen MR) is 138 cm³/mol. The van der Waals surface area contributed by atoms with Gasteiger partial charge in [0, 0.05) is 30.7 Å². The van der Waals surface area contributed by atoms with E-state index in [2.05, 4.69) is 19.1 Å². The summed E-state index contributed by atoms with van der Waals surface area (Å²) >= 11 is 0. The summed E-state index contributed by atoms with van der Waals surface area (Å²) in [6.45, 7) is 6.93. The summed E-state index contributed by atoms with van der Waals surface area (Å²) in [4.78, 5) is 29.0. The molecule has 1 aromatic rings. The van der Waals surface area contributed by atoms with Gasteiger partial charge in [-0.3, -0.25) is 9.59 Å². The van der Waals surface area contributed by atoms with E-state index in [-0.39, 0.29) is 48.4 Å². The number of benzene rings is 1. The molecule has 3 saturated heterocycles. The Morgan fingerprint density at radius 3 is 2.71 bits per heavy atom. The zero-order valence-corrected chi connectivity index (χ0v) is 22.4. The Labute approximate surface area is 210 Å². The van der Waals surface area contributed by atoms with Crippen LogP contribution in [-0.2, 0) is 20.7 Å². The molecular formula is C27H41FN2O4Si. The molecule has 1 aromatic carbocycles. The fourth-order valence-corrected chi connectivity index (χ4v) is 9.03. The summed E-state index contributed by atoms with van der Waals surface area (Å²) in [5.41, 5.74) is 1.87. The number of likely N-dealkylation sites (tertiary alicyclic amines) is 1. The molecule has 0 aromatic heterocycles. The van der Waals surface area contributed by atoms with Crippen molar-refractivity contribution in [3.8, 4) is 0 Å². The first kappa shape index (κ1) is 26.3. The van der Waals surface area contributed by atoms with Crippen LogP contribution >= 0.6 is 0 Å². The highest BCUT2D eigenvalue weighted by Crippen LogP contribution is 2.47. The molecule has 35 heavy (non-hydrogen) atoms. The molecule has 3 fully saturated rings. The van der Waals surface area contributed by atoms with Crippen LogP contribution in [0.25, 0.3) is 0 Å². The van der Waals surface area contributed by atoms with E-state index in [0.29, 0.717) is 13.0 Å². The van der Waals surface area contributed by atoms with Crippen molar-refractivity contribution in [1.82, 2.24) is 4.90 Å². The maximum atomic E-state index is 15.5. The maximum Gasteiger partial charge on any atom is 0.246 e. The summed E-state index contributed by atoms with van der Waals surface area (Å²) in [7, 11) is -3.06.